The van der Waals surface area contributed by atoms with Gasteiger partial charge in [0.15, 0.2) is 0 Å². The maximum atomic E-state index is 14.1. The van der Waals surface area contributed by atoms with Crippen LogP contribution in [-0.2, 0) is 0 Å². The third-order valence-electron chi connectivity index (χ3n) is 3.39. The van der Waals surface area contributed by atoms with Gasteiger partial charge in [0.25, 0.3) is 0 Å². The predicted octanol–water partition coefficient (Wildman–Crippen LogP) is 2.23. The minimum absolute atomic E-state index is 0.381. The zero-order valence-electron chi connectivity index (χ0n) is 10.7. The largest absolute Gasteiger partial charge is 0.368 e. The highest BCUT2D eigenvalue weighted by molar-refractivity contribution is 5.92. The van der Waals surface area contributed by atoms with Gasteiger partial charge in [-0.2, -0.15) is 0 Å². The van der Waals surface area contributed by atoms with Gasteiger partial charge in [0, 0.05) is 44.0 Å². The fourth-order valence-corrected chi connectivity index (χ4v) is 2.55. The molecule has 1 aromatic heterocycles. The van der Waals surface area contributed by atoms with Gasteiger partial charge >= 0.3 is 0 Å². The van der Waals surface area contributed by atoms with E-state index in [0.717, 1.165) is 43.6 Å². The highest BCUT2D eigenvalue weighted by Crippen LogP contribution is 2.30. The predicted molar refractivity (Wildman–Crippen MR) is 71.5 cm³/mol. The molecule has 0 unspecified atom stereocenters. The maximum absolute atomic E-state index is 14.1. The van der Waals surface area contributed by atoms with Crippen molar-refractivity contribution in [3.8, 4) is 0 Å². The van der Waals surface area contributed by atoms with E-state index in [1.165, 1.54) is 6.07 Å². The van der Waals surface area contributed by atoms with Crippen molar-refractivity contribution in [1.29, 1.82) is 0 Å². The molecule has 1 fully saturated rings. The van der Waals surface area contributed by atoms with Crippen LogP contribution in [0.3, 0.4) is 0 Å². The number of hydrogen-bond donors (Lipinski definition) is 1. The zero-order chi connectivity index (χ0) is 13.4. The molecule has 0 spiro atoms. The van der Waals surface area contributed by atoms with E-state index in [9.17, 15) is 8.78 Å². The maximum Gasteiger partial charge on any atom is 0.137 e. The molecule has 1 aliphatic heterocycles. The van der Waals surface area contributed by atoms with Crippen LogP contribution in [0.25, 0.3) is 10.9 Å². The summed E-state index contributed by atoms with van der Waals surface area (Å²) in [4.78, 5) is 6.35. The van der Waals surface area contributed by atoms with E-state index < -0.39 is 11.6 Å². The van der Waals surface area contributed by atoms with Crippen molar-refractivity contribution in [1.82, 2.24) is 10.3 Å². The standard InChI is InChI=1S/C14H15F2N3/c1-9-6-13(19-4-2-17-3-5-19)14-11(16)7-10(15)8-12(14)18-9/h6-8,17H,2-5H2,1H3. The molecule has 1 aliphatic rings. The molecule has 3 nitrogen and oxygen atoms in total. The Kier molecular flexibility index (Phi) is 3.06. The summed E-state index contributed by atoms with van der Waals surface area (Å²) in [7, 11) is 0. The number of piperazine rings is 1. The number of benzene rings is 1. The summed E-state index contributed by atoms with van der Waals surface area (Å²) in [6.07, 6.45) is 0. The average Bonchev–Trinajstić information content (AvgIpc) is 2.38. The van der Waals surface area contributed by atoms with Crippen molar-refractivity contribution in [2.45, 2.75) is 6.92 Å². The third kappa shape index (κ3) is 2.26. The van der Waals surface area contributed by atoms with Crippen LogP contribution < -0.4 is 10.2 Å². The van der Waals surface area contributed by atoms with Gasteiger partial charge in [-0.1, -0.05) is 0 Å². The summed E-state index contributed by atoms with van der Waals surface area (Å²) in [5, 5.41) is 3.67. The lowest BCUT2D eigenvalue weighted by molar-refractivity contribution is 0.582. The molecule has 0 atom stereocenters. The van der Waals surface area contributed by atoms with Gasteiger partial charge in [-0.05, 0) is 13.0 Å². The zero-order valence-corrected chi connectivity index (χ0v) is 10.7. The number of nitrogens with one attached hydrogen (secondary N) is 1. The molecule has 1 aromatic carbocycles. The molecule has 5 heteroatoms. The lowest BCUT2D eigenvalue weighted by Crippen LogP contribution is -2.43. The van der Waals surface area contributed by atoms with Crippen LogP contribution in [0.4, 0.5) is 14.5 Å². The monoisotopic (exact) mass is 263 g/mol. The Bertz CT molecular complexity index is 616. The number of anilines is 1. The Morgan fingerprint density at radius 2 is 1.89 bits per heavy atom. The van der Waals surface area contributed by atoms with Crippen LogP contribution in [0.15, 0.2) is 18.2 Å². The first-order chi connectivity index (χ1) is 9.15. The fraction of sp³-hybridized carbons (Fsp3) is 0.357. The molecule has 0 bridgehead atoms. The molecule has 19 heavy (non-hydrogen) atoms. The van der Waals surface area contributed by atoms with E-state index >= 15 is 0 Å². The number of aryl methyl sites for hydroxylation is 1. The highest BCUT2D eigenvalue weighted by Gasteiger charge is 2.17. The summed E-state index contributed by atoms with van der Waals surface area (Å²) in [5.74, 6) is -1.13. The van der Waals surface area contributed by atoms with Crippen molar-refractivity contribution < 1.29 is 8.78 Å². The summed E-state index contributed by atoms with van der Waals surface area (Å²) >= 11 is 0. The summed E-state index contributed by atoms with van der Waals surface area (Å²) < 4.78 is 27.4. The van der Waals surface area contributed by atoms with E-state index in [1.54, 1.807) is 0 Å². The smallest absolute Gasteiger partial charge is 0.137 e. The lowest BCUT2D eigenvalue weighted by Gasteiger charge is -2.30. The van der Waals surface area contributed by atoms with Crippen LogP contribution in [-0.4, -0.2) is 31.2 Å². The van der Waals surface area contributed by atoms with E-state index in [1.807, 2.05) is 13.0 Å². The Hall–Kier alpha value is -1.75. The van der Waals surface area contributed by atoms with Crippen molar-refractivity contribution in [2.24, 2.45) is 0 Å². The second-order valence-electron chi connectivity index (χ2n) is 4.80. The first-order valence-corrected chi connectivity index (χ1v) is 6.37. The molecule has 0 aliphatic carbocycles. The second kappa shape index (κ2) is 4.74. The molecule has 0 radical (unpaired) electrons. The van der Waals surface area contributed by atoms with Gasteiger partial charge in [0.05, 0.1) is 16.6 Å². The normalized spacial score (nSPS) is 16.1. The number of halogens is 2. The molecule has 1 saturated heterocycles. The summed E-state index contributed by atoms with van der Waals surface area (Å²) in [5.41, 5.74) is 1.96. The Labute approximate surface area is 110 Å². The first kappa shape index (κ1) is 12.3. The number of fused-ring (bicyclic) bond motifs is 1. The van der Waals surface area contributed by atoms with Gasteiger partial charge in [-0.3, -0.25) is 4.98 Å². The Morgan fingerprint density at radius 3 is 2.63 bits per heavy atom. The molecule has 0 saturated carbocycles. The van der Waals surface area contributed by atoms with E-state index in [0.29, 0.717) is 10.9 Å². The topological polar surface area (TPSA) is 28.2 Å². The number of rotatable bonds is 1. The van der Waals surface area contributed by atoms with Crippen LogP contribution >= 0.6 is 0 Å². The van der Waals surface area contributed by atoms with Gasteiger partial charge in [-0.15, -0.1) is 0 Å². The SMILES string of the molecule is Cc1cc(N2CCNCC2)c2c(F)cc(F)cc2n1. The molecule has 2 heterocycles. The molecular weight excluding hydrogens is 248 g/mol. The average molecular weight is 263 g/mol. The molecule has 1 N–H and O–H groups in total. The summed E-state index contributed by atoms with van der Waals surface area (Å²) in [6.45, 7) is 5.20. The van der Waals surface area contributed by atoms with Crippen LogP contribution in [0, 0.1) is 18.6 Å². The quantitative estimate of drug-likeness (QED) is 0.855. The fourth-order valence-electron chi connectivity index (χ4n) is 2.55. The van der Waals surface area contributed by atoms with Crippen molar-refractivity contribution in [3.63, 3.8) is 0 Å². The number of aromatic nitrogens is 1. The Morgan fingerprint density at radius 1 is 1.16 bits per heavy atom. The molecule has 2 aromatic rings. The molecular formula is C14H15F2N3. The number of pyridine rings is 1. The lowest BCUT2D eigenvalue weighted by atomic mass is 10.1. The van der Waals surface area contributed by atoms with Crippen LogP contribution in [0.5, 0.6) is 0 Å². The minimum Gasteiger partial charge on any atom is -0.368 e. The minimum atomic E-state index is -0.589. The second-order valence-corrected chi connectivity index (χ2v) is 4.80. The summed E-state index contributed by atoms with van der Waals surface area (Å²) in [6, 6.07) is 4.08. The highest BCUT2D eigenvalue weighted by atomic mass is 19.1. The molecule has 3 rings (SSSR count). The van der Waals surface area contributed by atoms with E-state index in [-0.39, 0.29) is 0 Å². The number of nitrogens with zero attached hydrogens (tertiary/aromatic N) is 2. The van der Waals surface area contributed by atoms with Gasteiger partial charge in [-0.25, -0.2) is 8.78 Å². The van der Waals surface area contributed by atoms with Gasteiger partial charge < -0.3 is 10.2 Å². The van der Waals surface area contributed by atoms with Gasteiger partial charge in [0.1, 0.15) is 11.6 Å². The van der Waals surface area contributed by atoms with E-state index in [4.69, 9.17) is 0 Å². The van der Waals surface area contributed by atoms with E-state index in [2.05, 4.69) is 15.2 Å². The molecule has 100 valence electrons. The van der Waals surface area contributed by atoms with Crippen LogP contribution in [0.2, 0.25) is 0 Å². The van der Waals surface area contributed by atoms with Gasteiger partial charge in [0.2, 0.25) is 0 Å². The molecule has 0 amide bonds. The van der Waals surface area contributed by atoms with Crippen molar-refractivity contribution in [3.05, 3.63) is 35.5 Å². The first-order valence-electron chi connectivity index (χ1n) is 6.37. The third-order valence-corrected chi connectivity index (χ3v) is 3.39. The van der Waals surface area contributed by atoms with Crippen molar-refractivity contribution in [2.75, 3.05) is 31.1 Å². The van der Waals surface area contributed by atoms with Crippen molar-refractivity contribution >= 4 is 16.6 Å². The Balaban J connectivity index is 2.22. The van der Waals surface area contributed by atoms with Crippen LogP contribution in [0.1, 0.15) is 5.69 Å². The number of hydrogen-bond acceptors (Lipinski definition) is 3.